The lowest BCUT2D eigenvalue weighted by Crippen LogP contribution is -2.20. The van der Waals surface area contributed by atoms with Crippen LogP contribution in [0, 0.1) is 5.82 Å². The number of hydrogen-bond donors (Lipinski definition) is 2. The molecule has 0 saturated heterocycles. The Morgan fingerprint density at radius 3 is 2.62 bits per heavy atom. The average molecular weight is 439 g/mol. The van der Waals surface area contributed by atoms with Crippen LogP contribution in [-0.4, -0.2) is 45.3 Å². The molecule has 0 atom stereocenters. The number of methoxy groups -OCH3 is 2. The Labute approximate surface area is 180 Å². The number of hydrogen-bond acceptors (Lipinski definition) is 9. The molecule has 0 spiro atoms. The summed E-state index contributed by atoms with van der Waals surface area (Å²) in [5.41, 5.74) is 7.27. The highest BCUT2D eigenvalue weighted by atomic mass is 19.1. The first kappa shape index (κ1) is 20.8. The highest BCUT2D eigenvalue weighted by molar-refractivity contribution is 5.91. The summed E-state index contributed by atoms with van der Waals surface area (Å²) < 4.78 is 29.9. The molecular formula is C20H18FN7O4. The second-order valence-electron chi connectivity index (χ2n) is 6.53. The topological polar surface area (TPSA) is 143 Å². The zero-order chi connectivity index (χ0) is 22.7. The SMILES string of the molecule is COc1ccc(NC(=O)Cn2nnc(-c3nc(-c4ccc(F)cc4)no3)c2N)cc1OC. The molecule has 2 aromatic heterocycles. The highest BCUT2D eigenvalue weighted by Crippen LogP contribution is 2.30. The largest absolute Gasteiger partial charge is 0.493 e. The van der Waals surface area contributed by atoms with E-state index in [1.807, 2.05) is 0 Å². The maximum absolute atomic E-state index is 13.1. The second kappa shape index (κ2) is 8.71. The van der Waals surface area contributed by atoms with Crippen molar-refractivity contribution in [3.63, 3.8) is 0 Å². The Kier molecular flexibility index (Phi) is 5.66. The minimum Gasteiger partial charge on any atom is -0.493 e. The monoisotopic (exact) mass is 439 g/mol. The van der Waals surface area contributed by atoms with Crippen molar-refractivity contribution in [3.8, 4) is 34.5 Å². The quantitative estimate of drug-likeness (QED) is 0.443. The number of anilines is 2. The predicted molar refractivity (Wildman–Crippen MR) is 111 cm³/mol. The van der Waals surface area contributed by atoms with Gasteiger partial charge in [0.1, 0.15) is 12.4 Å². The van der Waals surface area contributed by atoms with E-state index >= 15 is 0 Å². The Morgan fingerprint density at radius 2 is 1.91 bits per heavy atom. The summed E-state index contributed by atoms with van der Waals surface area (Å²) in [6.07, 6.45) is 0. The van der Waals surface area contributed by atoms with Crippen LogP contribution in [0.4, 0.5) is 15.9 Å². The normalized spacial score (nSPS) is 10.7. The van der Waals surface area contributed by atoms with Gasteiger partial charge in [-0.05, 0) is 36.4 Å². The zero-order valence-electron chi connectivity index (χ0n) is 17.1. The van der Waals surface area contributed by atoms with Crippen LogP contribution < -0.4 is 20.5 Å². The molecular weight excluding hydrogens is 421 g/mol. The van der Waals surface area contributed by atoms with Gasteiger partial charge >= 0.3 is 0 Å². The molecule has 32 heavy (non-hydrogen) atoms. The van der Waals surface area contributed by atoms with E-state index in [4.69, 9.17) is 19.7 Å². The Hall–Kier alpha value is -4.48. The Morgan fingerprint density at radius 1 is 1.16 bits per heavy atom. The van der Waals surface area contributed by atoms with E-state index in [-0.39, 0.29) is 35.6 Å². The molecule has 0 fully saturated rings. The average Bonchev–Trinajstić information content (AvgIpc) is 3.41. The fourth-order valence-electron chi connectivity index (χ4n) is 2.88. The van der Waals surface area contributed by atoms with Crippen LogP contribution in [0.5, 0.6) is 11.5 Å². The summed E-state index contributed by atoms with van der Waals surface area (Å²) in [5.74, 6) is 0.570. The van der Waals surface area contributed by atoms with Gasteiger partial charge in [0.25, 0.3) is 5.89 Å². The zero-order valence-corrected chi connectivity index (χ0v) is 17.1. The number of carbonyl (C=O) groups excluding carboxylic acids is 1. The maximum Gasteiger partial charge on any atom is 0.282 e. The lowest BCUT2D eigenvalue weighted by atomic mass is 10.2. The van der Waals surface area contributed by atoms with Gasteiger partial charge in [-0.1, -0.05) is 10.4 Å². The minimum absolute atomic E-state index is 0.0216. The molecule has 0 bridgehead atoms. The van der Waals surface area contributed by atoms with Gasteiger partial charge in [-0.25, -0.2) is 9.07 Å². The van der Waals surface area contributed by atoms with Gasteiger partial charge < -0.3 is 25.0 Å². The van der Waals surface area contributed by atoms with Crippen LogP contribution >= 0.6 is 0 Å². The lowest BCUT2D eigenvalue weighted by molar-refractivity contribution is -0.116. The summed E-state index contributed by atoms with van der Waals surface area (Å²) in [6, 6.07) is 10.6. The number of aromatic nitrogens is 5. The number of ether oxygens (including phenoxy) is 2. The molecule has 2 heterocycles. The van der Waals surface area contributed by atoms with Crippen molar-refractivity contribution in [3.05, 3.63) is 48.3 Å². The van der Waals surface area contributed by atoms with Gasteiger partial charge in [0.15, 0.2) is 23.0 Å². The van der Waals surface area contributed by atoms with Crippen molar-refractivity contribution in [2.45, 2.75) is 6.54 Å². The van der Waals surface area contributed by atoms with E-state index in [0.717, 1.165) is 0 Å². The number of amides is 1. The molecule has 0 unspecified atom stereocenters. The first-order valence-corrected chi connectivity index (χ1v) is 9.29. The van der Waals surface area contributed by atoms with E-state index in [2.05, 4.69) is 25.8 Å². The summed E-state index contributed by atoms with van der Waals surface area (Å²) in [4.78, 5) is 16.7. The lowest BCUT2D eigenvalue weighted by Gasteiger charge is -2.10. The molecule has 4 aromatic rings. The van der Waals surface area contributed by atoms with Crippen molar-refractivity contribution in [1.82, 2.24) is 25.1 Å². The van der Waals surface area contributed by atoms with Crippen LogP contribution in [-0.2, 0) is 11.3 Å². The fourth-order valence-corrected chi connectivity index (χ4v) is 2.88. The van der Waals surface area contributed by atoms with E-state index in [0.29, 0.717) is 22.7 Å². The molecule has 0 radical (unpaired) electrons. The van der Waals surface area contributed by atoms with E-state index in [9.17, 15) is 9.18 Å². The van der Waals surface area contributed by atoms with Gasteiger partial charge in [-0.2, -0.15) is 4.98 Å². The summed E-state index contributed by atoms with van der Waals surface area (Å²) >= 11 is 0. The number of nitrogens with one attached hydrogen (secondary N) is 1. The molecule has 2 aromatic carbocycles. The summed E-state index contributed by atoms with van der Waals surface area (Å²) in [5, 5.41) is 14.4. The van der Waals surface area contributed by atoms with Gasteiger partial charge in [0.2, 0.25) is 11.7 Å². The Balaban J connectivity index is 1.47. The van der Waals surface area contributed by atoms with E-state index < -0.39 is 5.91 Å². The van der Waals surface area contributed by atoms with Crippen molar-refractivity contribution in [1.29, 1.82) is 0 Å². The van der Waals surface area contributed by atoms with Crippen molar-refractivity contribution in [2.24, 2.45) is 0 Å². The Bertz CT molecular complexity index is 1250. The fraction of sp³-hybridized carbons (Fsp3) is 0.150. The number of benzene rings is 2. The number of nitrogen functional groups attached to an aromatic ring is 1. The van der Waals surface area contributed by atoms with Crippen LogP contribution in [0.1, 0.15) is 0 Å². The summed E-state index contributed by atoms with van der Waals surface area (Å²) in [7, 11) is 3.02. The van der Waals surface area contributed by atoms with Crippen LogP contribution in [0.2, 0.25) is 0 Å². The number of rotatable bonds is 7. The van der Waals surface area contributed by atoms with E-state index in [1.54, 1.807) is 18.2 Å². The number of nitrogens with zero attached hydrogens (tertiary/aromatic N) is 5. The highest BCUT2D eigenvalue weighted by Gasteiger charge is 2.20. The molecule has 0 aliphatic heterocycles. The molecule has 1 amide bonds. The van der Waals surface area contributed by atoms with Gasteiger partial charge in [-0.3, -0.25) is 4.79 Å². The standard InChI is InChI=1S/C20H18FN7O4/c1-30-14-8-7-13(9-15(14)31-2)23-16(29)10-28-18(22)17(25-27-28)20-24-19(26-32-20)11-3-5-12(21)6-4-11/h3-9H,10,22H2,1-2H3,(H,23,29). The number of carbonyl (C=O) groups is 1. The third-order valence-electron chi connectivity index (χ3n) is 4.47. The van der Waals surface area contributed by atoms with Crippen molar-refractivity contribution < 1.29 is 23.2 Å². The molecule has 164 valence electrons. The molecule has 0 aliphatic rings. The summed E-state index contributed by atoms with van der Waals surface area (Å²) in [6.45, 7) is -0.202. The second-order valence-corrected chi connectivity index (χ2v) is 6.53. The predicted octanol–water partition coefficient (Wildman–Crippen LogP) is 2.37. The van der Waals surface area contributed by atoms with Gasteiger partial charge in [-0.15, -0.1) is 5.10 Å². The van der Waals surface area contributed by atoms with Crippen LogP contribution in [0.15, 0.2) is 47.0 Å². The maximum atomic E-state index is 13.1. The smallest absolute Gasteiger partial charge is 0.282 e. The van der Waals surface area contributed by atoms with Crippen molar-refractivity contribution >= 4 is 17.4 Å². The molecule has 0 saturated carbocycles. The molecule has 0 aliphatic carbocycles. The molecule has 12 heteroatoms. The van der Waals surface area contributed by atoms with Gasteiger partial charge in [0.05, 0.1) is 14.2 Å². The number of halogens is 1. The molecule has 3 N–H and O–H groups in total. The van der Waals surface area contributed by atoms with Gasteiger partial charge in [0, 0.05) is 17.3 Å². The first-order chi connectivity index (χ1) is 15.5. The molecule has 4 rings (SSSR count). The third kappa shape index (κ3) is 4.19. The van der Waals surface area contributed by atoms with Crippen LogP contribution in [0.25, 0.3) is 23.0 Å². The van der Waals surface area contributed by atoms with Crippen molar-refractivity contribution in [2.75, 3.05) is 25.3 Å². The first-order valence-electron chi connectivity index (χ1n) is 9.29. The number of nitrogens with two attached hydrogens (primary N) is 1. The van der Waals surface area contributed by atoms with E-state index in [1.165, 1.54) is 43.2 Å². The third-order valence-corrected chi connectivity index (χ3v) is 4.47. The minimum atomic E-state index is -0.391. The molecule has 11 nitrogen and oxygen atoms in total. The van der Waals surface area contributed by atoms with Crippen LogP contribution in [0.3, 0.4) is 0 Å².